The molecule has 0 radical (unpaired) electrons. The number of benzene rings is 4. The van der Waals surface area contributed by atoms with Gasteiger partial charge in [-0.2, -0.15) is 0 Å². The number of para-hydroxylation sites is 1. The second-order valence-electron chi connectivity index (χ2n) is 12.0. The van der Waals surface area contributed by atoms with Crippen LogP contribution in [0.2, 0.25) is 0 Å². The van der Waals surface area contributed by atoms with Crippen LogP contribution in [0.15, 0.2) is 97.1 Å². The molecule has 6 nitrogen and oxygen atoms in total. The molecule has 0 bridgehead atoms. The van der Waals surface area contributed by atoms with Crippen LogP contribution in [0.3, 0.4) is 0 Å². The van der Waals surface area contributed by atoms with Gasteiger partial charge >= 0.3 is 11.9 Å². The molecule has 4 aromatic rings. The summed E-state index contributed by atoms with van der Waals surface area (Å²) in [6, 6.07) is 33.1. The lowest BCUT2D eigenvalue weighted by Gasteiger charge is -2.36. The number of carboxylic acid groups (broad SMARTS) is 2. The van der Waals surface area contributed by atoms with Crippen LogP contribution in [0.25, 0.3) is 0 Å². The average Bonchev–Trinajstić information content (AvgIpc) is 3.07. The standard InChI is InChI=1S/C39H43NO5/c41-38(42)15-6-7-25-40(36-13-8-12-33-27-34(39(43)44)22-23-35(33)36)26-24-32-11-4-5-14-37(32)45-28-31-20-18-30(19-21-31)17-16-29-9-2-1-3-10-29/h1-5,9-11,14,18-23,27,36H,6-8,12-13,15-17,24-26,28H2,(H,41,42)(H,43,44)/t36-/m0/s1. The number of rotatable bonds is 16. The third-order valence-corrected chi connectivity index (χ3v) is 8.80. The van der Waals surface area contributed by atoms with Gasteiger partial charge in [-0.1, -0.05) is 78.9 Å². The van der Waals surface area contributed by atoms with Crippen LogP contribution in [0.5, 0.6) is 5.75 Å². The Labute approximate surface area is 266 Å². The summed E-state index contributed by atoms with van der Waals surface area (Å²) in [5.41, 5.74) is 7.57. The number of unbranched alkanes of at least 4 members (excludes halogenated alkanes) is 1. The Bertz CT molecular complexity index is 1550. The fourth-order valence-corrected chi connectivity index (χ4v) is 6.33. The van der Waals surface area contributed by atoms with Gasteiger partial charge in [0.1, 0.15) is 12.4 Å². The molecule has 0 unspecified atom stereocenters. The van der Waals surface area contributed by atoms with E-state index in [2.05, 4.69) is 59.5 Å². The molecule has 1 atom stereocenters. The number of fused-ring (bicyclic) bond motifs is 1. The van der Waals surface area contributed by atoms with Crippen LogP contribution in [0.4, 0.5) is 0 Å². The number of ether oxygens (including phenoxy) is 1. The SMILES string of the molecule is O=C(O)CCCCN(CCc1ccccc1OCc1ccc(CCc2ccccc2)cc1)[C@H]1CCCc2cc(C(=O)O)ccc21. The molecule has 2 N–H and O–H groups in total. The monoisotopic (exact) mass is 605 g/mol. The Morgan fingerprint density at radius 3 is 2.22 bits per heavy atom. The van der Waals surface area contributed by atoms with E-state index >= 15 is 0 Å². The maximum atomic E-state index is 11.6. The summed E-state index contributed by atoms with van der Waals surface area (Å²) in [4.78, 5) is 25.2. The molecular formula is C39H43NO5. The molecule has 45 heavy (non-hydrogen) atoms. The predicted octanol–water partition coefficient (Wildman–Crippen LogP) is 7.93. The summed E-state index contributed by atoms with van der Waals surface area (Å²) in [6.45, 7) is 2.09. The van der Waals surface area contributed by atoms with Gasteiger partial charge in [0.15, 0.2) is 0 Å². The lowest BCUT2D eigenvalue weighted by molar-refractivity contribution is -0.137. The number of carboxylic acids is 2. The average molecular weight is 606 g/mol. The number of hydrogen-bond donors (Lipinski definition) is 2. The minimum absolute atomic E-state index is 0.168. The van der Waals surface area contributed by atoms with E-state index in [-0.39, 0.29) is 12.5 Å². The van der Waals surface area contributed by atoms with Crippen LogP contribution in [-0.4, -0.2) is 40.1 Å². The van der Waals surface area contributed by atoms with E-state index in [1.165, 1.54) is 16.7 Å². The molecule has 0 saturated heterocycles. The molecule has 0 aliphatic heterocycles. The minimum Gasteiger partial charge on any atom is -0.489 e. The second-order valence-corrected chi connectivity index (χ2v) is 12.0. The smallest absolute Gasteiger partial charge is 0.335 e. The number of aromatic carboxylic acids is 1. The highest BCUT2D eigenvalue weighted by atomic mass is 16.5. The van der Waals surface area contributed by atoms with Gasteiger partial charge in [0.2, 0.25) is 0 Å². The van der Waals surface area contributed by atoms with Gasteiger partial charge < -0.3 is 14.9 Å². The van der Waals surface area contributed by atoms with Crippen LogP contribution >= 0.6 is 0 Å². The van der Waals surface area contributed by atoms with E-state index in [0.29, 0.717) is 18.6 Å². The van der Waals surface area contributed by atoms with Crippen molar-refractivity contribution in [2.75, 3.05) is 13.1 Å². The van der Waals surface area contributed by atoms with Crippen LogP contribution in [-0.2, 0) is 37.1 Å². The summed E-state index contributed by atoms with van der Waals surface area (Å²) in [5, 5.41) is 18.7. The van der Waals surface area contributed by atoms with Crippen LogP contribution in [0, 0.1) is 0 Å². The molecule has 0 amide bonds. The van der Waals surface area contributed by atoms with Crippen molar-refractivity contribution < 1.29 is 24.5 Å². The second kappa shape index (κ2) is 16.1. The van der Waals surface area contributed by atoms with E-state index in [4.69, 9.17) is 9.84 Å². The molecule has 234 valence electrons. The molecule has 4 aromatic carbocycles. The van der Waals surface area contributed by atoms with Gasteiger partial charge in [0, 0.05) is 19.0 Å². The molecule has 0 spiro atoms. The number of aryl methyl sites for hydroxylation is 3. The van der Waals surface area contributed by atoms with Crippen molar-refractivity contribution in [1.29, 1.82) is 0 Å². The quantitative estimate of drug-likeness (QED) is 0.126. The van der Waals surface area contributed by atoms with Gasteiger partial charge in [-0.3, -0.25) is 9.69 Å². The molecule has 1 aliphatic carbocycles. The predicted molar refractivity (Wildman–Crippen MR) is 177 cm³/mol. The Kier molecular flexibility index (Phi) is 11.4. The highest BCUT2D eigenvalue weighted by Crippen LogP contribution is 2.35. The van der Waals surface area contributed by atoms with Crippen molar-refractivity contribution in [3.63, 3.8) is 0 Å². The zero-order chi connectivity index (χ0) is 31.4. The Morgan fingerprint density at radius 2 is 1.47 bits per heavy atom. The first-order chi connectivity index (χ1) is 22.0. The van der Waals surface area contributed by atoms with Crippen molar-refractivity contribution in [3.8, 4) is 5.75 Å². The first-order valence-electron chi connectivity index (χ1n) is 16.1. The van der Waals surface area contributed by atoms with E-state index in [1.807, 2.05) is 36.4 Å². The lowest BCUT2D eigenvalue weighted by atomic mass is 9.85. The third kappa shape index (κ3) is 9.29. The van der Waals surface area contributed by atoms with Gasteiger partial charge in [-0.25, -0.2) is 4.79 Å². The molecule has 5 rings (SSSR count). The van der Waals surface area contributed by atoms with Gasteiger partial charge in [0.05, 0.1) is 5.56 Å². The van der Waals surface area contributed by atoms with Crippen molar-refractivity contribution in [2.45, 2.75) is 70.4 Å². The normalized spacial score (nSPS) is 14.2. The molecule has 0 saturated carbocycles. The number of aliphatic carboxylic acids is 1. The topological polar surface area (TPSA) is 87.1 Å². The zero-order valence-corrected chi connectivity index (χ0v) is 25.9. The van der Waals surface area contributed by atoms with Crippen molar-refractivity contribution in [3.05, 3.63) is 136 Å². The van der Waals surface area contributed by atoms with E-state index in [1.54, 1.807) is 6.07 Å². The lowest BCUT2D eigenvalue weighted by Crippen LogP contribution is -2.34. The Hall–Kier alpha value is -4.42. The summed E-state index contributed by atoms with van der Waals surface area (Å²) in [5.74, 6) is -0.786. The molecule has 0 fully saturated rings. The first kappa shape index (κ1) is 32.0. The maximum Gasteiger partial charge on any atom is 0.335 e. The number of hydrogen-bond acceptors (Lipinski definition) is 4. The molecule has 0 aromatic heterocycles. The highest BCUT2D eigenvalue weighted by Gasteiger charge is 2.26. The summed E-state index contributed by atoms with van der Waals surface area (Å²) in [7, 11) is 0. The van der Waals surface area contributed by atoms with E-state index in [0.717, 1.165) is 80.5 Å². The summed E-state index contributed by atoms with van der Waals surface area (Å²) >= 11 is 0. The van der Waals surface area contributed by atoms with Gasteiger partial charge in [-0.15, -0.1) is 0 Å². The van der Waals surface area contributed by atoms with Crippen LogP contribution in [0.1, 0.15) is 81.9 Å². The van der Waals surface area contributed by atoms with Gasteiger partial charge in [-0.05, 0) is 109 Å². The largest absolute Gasteiger partial charge is 0.489 e. The maximum absolute atomic E-state index is 11.6. The fourth-order valence-electron chi connectivity index (χ4n) is 6.33. The van der Waals surface area contributed by atoms with Crippen molar-refractivity contribution in [1.82, 2.24) is 4.90 Å². The van der Waals surface area contributed by atoms with E-state index in [9.17, 15) is 14.7 Å². The van der Waals surface area contributed by atoms with Gasteiger partial charge in [0.25, 0.3) is 0 Å². The minimum atomic E-state index is -0.902. The van der Waals surface area contributed by atoms with Crippen molar-refractivity contribution in [2.24, 2.45) is 0 Å². The molecule has 0 heterocycles. The molecule has 6 heteroatoms. The molecule has 1 aliphatic rings. The van der Waals surface area contributed by atoms with Crippen molar-refractivity contribution >= 4 is 11.9 Å². The molecular weight excluding hydrogens is 562 g/mol. The number of nitrogens with zero attached hydrogens (tertiary/aromatic N) is 1. The summed E-state index contributed by atoms with van der Waals surface area (Å²) in [6.07, 6.45) is 7.30. The third-order valence-electron chi connectivity index (χ3n) is 8.80. The highest BCUT2D eigenvalue weighted by molar-refractivity contribution is 5.88. The summed E-state index contributed by atoms with van der Waals surface area (Å²) < 4.78 is 6.35. The fraction of sp³-hybridized carbons (Fsp3) is 0.333. The number of carbonyl (C=O) groups is 2. The van der Waals surface area contributed by atoms with E-state index < -0.39 is 11.9 Å². The first-order valence-corrected chi connectivity index (χ1v) is 16.1. The van der Waals surface area contributed by atoms with Crippen LogP contribution < -0.4 is 4.74 Å². The Morgan fingerprint density at radius 1 is 0.756 bits per heavy atom. The zero-order valence-electron chi connectivity index (χ0n) is 25.9. The Balaban J connectivity index is 1.22.